The van der Waals surface area contributed by atoms with Gasteiger partial charge in [-0.3, -0.25) is 4.79 Å². The molecule has 1 aromatic carbocycles. The summed E-state index contributed by atoms with van der Waals surface area (Å²) in [7, 11) is 0. The highest BCUT2D eigenvalue weighted by atomic mass is 19.1. The molecule has 0 saturated carbocycles. The Bertz CT molecular complexity index is 599. The van der Waals surface area contributed by atoms with E-state index in [0.717, 1.165) is 5.56 Å². The number of amides is 1. The highest BCUT2D eigenvalue weighted by Gasteiger charge is 2.14. The minimum Gasteiger partial charge on any atom is -0.381 e. The van der Waals surface area contributed by atoms with Crippen molar-refractivity contribution in [2.75, 3.05) is 11.1 Å². The van der Waals surface area contributed by atoms with Crippen LogP contribution in [-0.4, -0.2) is 10.9 Å². The van der Waals surface area contributed by atoms with E-state index in [4.69, 9.17) is 5.73 Å². The van der Waals surface area contributed by atoms with Gasteiger partial charge < -0.3 is 11.1 Å². The van der Waals surface area contributed by atoms with E-state index in [1.807, 2.05) is 19.1 Å². The number of aryl methyl sites for hydroxylation is 1. The van der Waals surface area contributed by atoms with Gasteiger partial charge in [-0.15, -0.1) is 0 Å². The topological polar surface area (TPSA) is 68.0 Å². The summed E-state index contributed by atoms with van der Waals surface area (Å²) in [5.74, 6) is -1.64. The molecule has 0 bridgehead atoms. The number of nitrogen functional groups attached to an aromatic ring is 1. The number of aromatic nitrogens is 1. The second-order valence-electron chi connectivity index (χ2n) is 3.88. The van der Waals surface area contributed by atoms with Crippen LogP contribution in [0, 0.1) is 12.7 Å². The summed E-state index contributed by atoms with van der Waals surface area (Å²) in [5, 5.41) is 2.60. The summed E-state index contributed by atoms with van der Waals surface area (Å²) in [6.07, 6.45) is 1.30. The number of nitrogens with one attached hydrogen (secondary N) is 1. The lowest BCUT2D eigenvalue weighted by Crippen LogP contribution is -2.15. The molecule has 3 N–H and O–H groups in total. The molecule has 0 atom stereocenters. The molecule has 0 saturated heterocycles. The lowest BCUT2D eigenvalue weighted by Gasteiger charge is -2.07. The Balaban J connectivity index is 2.25. The maximum atomic E-state index is 13.6. The smallest absolute Gasteiger partial charge is 0.258 e. The van der Waals surface area contributed by atoms with E-state index in [9.17, 15) is 9.18 Å². The number of benzene rings is 1. The first-order valence-corrected chi connectivity index (χ1v) is 5.36. The Morgan fingerprint density at radius 3 is 2.89 bits per heavy atom. The number of rotatable bonds is 2. The molecule has 0 unspecified atom stereocenters. The summed E-state index contributed by atoms with van der Waals surface area (Å²) < 4.78 is 13.6. The normalized spacial score (nSPS) is 10.1. The van der Waals surface area contributed by atoms with E-state index in [1.165, 1.54) is 12.3 Å². The average molecular weight is 245 g/mol. The van der Waals surface area contributed by atoms with Crippen molar-refractivity contribution in [3.05, 3.63) is 53.5 Å². The third-order valence-corrected chi connectivity index (χ3v) is 2.44. The molecule has 1 aromatic heterocycles. The fraction of sp³-hybridized carbons (Fsp3) is 0.0769. The van der Waals surface area contributed by atoms with E-state index < -0.39 is 11.7 Å². The highest BCUT2D eigenvalue weighted by Crippen LogP contribution is 2.15. The van der Waals surface area contributed by atoms with Crippen LogP contribution in [-0.2, 0) is 0 Å². The monoisotopic (exact) mass is 245 g/mol. The van der Waals surface area contributed by atoms with Crippen LogP contribution in [0.1, 0.15) is 15.9 Å². The SMILES string of the molecule is Cc1cccc(NC(=O)c2ccnc(N)c2F)c1. The molecule has 0 aliphatic carbocycles. The van der Waals surface area contributed by atoms with E-state index in [0.29, 0.717) is 5.69 Å². The first-order valence-electron chi connectivity index (χ1n) is 5.36. The molecule has 92 valence electrons. The van der Waals surface area contributed by atoms with Gasteiger partial charge in [0.2, 0.25) is 0 Å². The summed E-state index contributed by atoms with van der Waals surface area (Å²) in [6.45, 7) is 1.90. The van der Waals surface area contributed by atoms with Crippen molar-refractivity contribution in [3.8, 4) is 0 Å². The number of hydrogen-bond acceptors (Lipinski definition) is 3. The maximum absolute atomic E-state index is 13.6. The molecule has 5 heteroatoms. The van der Waals surface area contributed by atoms with E-state index in [2.05, 4.69) is 10.3 Å². The number of nitrogens with zero attached hydrogens (tertiary/aromatic N) is 1. The number of nitrogens with two attached hydrogens (primary N) is 1. The second-order valence-corrected chi connectivity index (χ2v) is 3.88. The molecule has 2 aromatic rings. The predicted octanol–water partition coefficient (Wildman–Crippen LogP) is 2.36. The molecule has 1 amide bonds. The Morgan fingerprint density at radius 1 is 1.39 bits per heavy atom. The largest absolute Gasteiger partial charge is 0.381 e. The van der Waals surface area contributed by atoms with Crippen LogP contribution in [0.2, 0.25) is 0 Å². The van der Waals surface area contributed by atoms with Gasteiger partial charge in [0, 0.05) is 11.9 Å². The number of anilines is 2. The third-order valence-electron chi connectivity index (χ3n) is 2.44. The molecule has 0 fully saturated rings. The van der Waals surface area contributed by atoms with Gasteiger partial charge in [0.25, 0.3) is 5.91 Å². The van der Waals surface area contributed by atoms with E-state index in [-0.39, 0.29) is 11.4 Å². The van der Waals surface area contributed by atoms with Crippen molar-refractivity contribution >= 4 is 17.4 Å². The van der Waals surface area contributed by atoms with Gasteiger partial charge in [0.15, 0.2) is 11.6 Å². The number of hydrogen-bond donors (Lipinski definition) is 2. The van der Waals surface area contributed by atoms with E-state index >= 15 is 0 Å². The lowest BCUT2D eigenvalue weighted by atomic mass is 10.2. The Hall–Kier alpha value is -2.43. The molecule has 2 rings (SSSR count). The van der Waals surface area contributed by atoms with Gasteiger partial charge in [-0.25, -0.2) is 9.37 Å². The lowest BCUT2D eigenvalue weighted by molar-refractivity contribution is 0.102. The Morgan fingerprint density at radius 2 is 2.17 bits per heavy atom. The van der Waals surface area contributed by atoms with Gasteiger partial charge >= 0.3 is 0 Å². The number of pyridine rings is 1. The fourth-order valence-electron chi connectivity index (χ4n) is 1.56. The predicted molar refractivity (Wildman–Crippen MR) is 67.7 cm³/mol. The molecule has 4 nitrogen and oxygen atoms in total. The van der Waals surface area contributed by atoms with Crippen molar-refractivity contribution in [3.63, 3.8) is 0 Å². The van der Waals surface area contributed by atoms with Crippen molar-refractivity contribution in [1.29, 1.82) is 0 Å². The zero-order valence-electron chi connectivity index (χ0n) is 9.77. The first kappa shape index (κ1) is 12.0. The number of carbonyl (C=O) groups is 1. The summed E-state index contributed by atoms with van der Waals surface area (Å²) in [6, 6.07) is 8.52. The van der Waals surface area contributed by atoms with Crippen molar-refractivity contribution in [1.82, 2.24) is 4.98 Å². The highest BCUT2D eigenvalue weighted by molar-refractivity contribution is 6.04. The summed E-state index contributed by atoms with van der Waals surface area (Å²) >= 11 is 0. The van der Waals surface area contributed by atoms with E-state index in [1.54, 1.807) is 12.1 Å². The number of carbonyl (C=O) groups excluding carboxylic acids is 1. The molecular formula is C13H12FN3O. The minimum absolute atomic E-state index is 0.121. The van der Waals surface area contributed by atoms with Gasteiger partial charge in [-0.05, 0) is 30.7 Å². The molecular weight excluding hydrogens is 233 g/mol. The summed E-state index contributed by atoms with van der Waals surface area (Å²) in [5.41, 5.74) is 6.80. The van der Waals surface area contributed by atoms with Crippen LogP contribution >= 0.6 is 0 Å². The average Bonchev–Trinajstić information content (AvgIpc) is 2.32. The first-order chi connectivity index (χ1) is 8.58. The molecule has 0 radical (unpaired) electrons. The second kappa shape index (κ2) is 4.83. The quantitative estimate of drug-likeness (QED) is 0.853. The summed E-state index contributed by atoms with van der Waals surface area (Å²) in [4.78, 5) is 15.4. The molecule has 0 spiro atoms. The molecule has 1 heterocycles. The van der Waals surface area contributed by atoms with Crippen LogP contribution in [0.15, 0.2) is 36.5 Å². The zero-order chi connectivity index (χ0) is 13.1. The van der Waals surface area contributed by atoms with Crippen molar-refractivity contribution in [2.24, 2.45) is 0 Å². The van der Waals surface area contributed by atoms with Crippen LogP contribution < -0.4 is 11.1 Å². The van der Waals surface area contributed by atoms with Gasteiger partial charge in [-0.2, -0.15) is 0 Å². The molecule has 0 aliphatic rings. The fourth-order valence-corrected chi connectivity index (χ4v) is 1.56. The third kappa shape index (κ3) is 2.45. The van der Waals surface area contributed by atoms with Gasteiger partial charge in [0.05, 0.1) is 5.56 Å². The van der Waals surface area contributed by atoms with Crippen molar-refractivity contribution < 1.29 is 9.18 Å². The zero-order valence-corrected chi connectivity index (χ0v) is 9.77. The Labute approximate surface area is 104 Å². The van der Waals surface area contributed by atoms with Crippen LogP contribution in [0.25, 0.3) is 0 Å². The minimum atomic E-state index is -0.803. The maximum Gasteiger partial charge on any atom is 0.258 e. The van der Waals surface area contributed by atoms with Crippen molar-refractivity contribution in [2.45, 2.75) is 6.92 Å². The van der Waals surface area contributed by atoms with Crippen LogP contribution in [0.5, 0.6) is 0 Å². The van der Waals surface area contributed by atoms with Gasteiger partial charge in [0.1, 0.15) is 0 Å². The standard InChI is InChI=1S/C13H12FN3O/c1-8-3-2-4-9(7-8)17-13(18)10-5-6-16-12(15)11(10)14/h2-7H,1H3,(H2,15,16)(H,17,18). The van der Waals surface area contributed by atoms with Crippen LogP contribution in [0.4, 0.5) is 15.9 Å². The Kier molecular flexibility index (Phi) is 3.23. The number of halogens is 1. The van der Waals surface area contributed by atoms with Crippen LogP contribution in [0.3, 0.4) is 0 Å². The molecule has 18 heavy (non-hydrogen) atoms. The van der Waals surface area contributed by atoms with Gasteiger partial charge in [-0.1, -0.05) is 12.1 Å². The molecule has 0 aliphatic heterocycles.